The van der Waals surface area contributed by atoms with Gasteiger partial charge in [-0.1, -0.05) is 0 Å². The van der Waals surface area contributed by atoms with Gasteiger partial charge in [0.2, 0.25) is 0 Å². The number of nitrogens with one attached hydrogen (secondary N) is 1. The summed E-state index contributed by atoms with van der Waals surface area (Å²) < 4.78 is 1.71. The Hall–Kier alpha value is -1.70. The van der Waals surface area contributed by atoms with Gasteiger partial charge in [0.25, 0.3) is 0 Å². The van der Waals surface area contributed by atoms with Gasteiger partial charge in [-0.2, -0.15) is 16.9 Å². The zero-order chi connectivity index (χ0) is 15.4. The van der Waals surface area contributed by atoms with Crippen LogP contribution in [0.15, 0.2) is 6.20 Å². The third-order valence-corrected chi connectivity index (χ3v) is 4.54. The molecule has 2 N–H and O–H groups in total. The third kappa shape index (κ3) is 4.13. The second-order valence-corrected chi connectivity index (χ2v) is 6.24. The van der Waals surface area contributed by atoms with E-state index in [4.69, 9.17) is 5.11 Å². The van der Waals surface area contributed by atoms with Crippen molar-refractivity contribution in [3.8, 4) is 0 Å². The van der Waals surface area contributed by atoms with E-state index in [0.717, 1.165) is 17.0 Å². The Morgan fingerprint density at radius 3 is 2.95 bits per heavy atom. The molecule has 1 fully saturated rings. The number of carboxylic acids is 1. The van der Waals surface area contributed by atoms with E-state index in [9.17, 15) is 9.59 Å². The van der Waals surface area contributed by atoms with Crippen molar-refractivity contribution in [1.29, 1.82) is 0 Å². The van der Waals surface area contributed by atoms with E-state index in [1.807, 2.05) is 20.2 Å². The first-order valence-electron chi connectivity index (χ1n) is 6.80. The molecule has 0 bridgehead atoms. The van der Waals surface area contributed by atoms with Crippen LogP contribution in [0.3, 0.4) is 0 Å². The number of thioether (sulfide) groups is 1. The number of aromatic nitrogens is 2. The molecular formula is C13H20N4O3S. The van der Waals surface area contributed by atoms with Gasteiger partial charge >= 0.3 is 12.0 Å². The molecule has 116 valence electrons. The number of urea groups is 1. The highest BCUT2D eigenvalue weighted by atomic mass is 32.2. The lowest BCUT2D eigenvalue weighted by Gasteiger charge is -2.34. The van der Waals surface area contributed by atoms with E-state index in [0.29, 0.717) is 18.8 Å². The highest BCUT2D eigenvalue weighted by Crippen LogP contribution is 2.19. The lowest BCUT2D eigenvalue weighted by molar-refractivity contribution is -0.138. The van der Waals surface area contributed by atoms with Crippen LogP contribution >= 0.6 is 11.8 Å². The van der Waals surface area contributed by atoms with Crippen molar-refractivity contribution in [2.45, 2.75) is 25.9 Å². The number of amides is 2. The van der Waals surface area contributed by atoms with E-state index >= 15 is 0 Å². The Morgan fingerprint density at radius 1 is 1.57 bits per heavy atom. The van der Waals surface area contributed by atoms with Gasteiger partial charge in [0, 0.05) is 43.4 Å². The summed E-state index contributed by atoms with van der Waals surface area (Å²) in [7, 11) is 1.84. The summed E-state index contributed by atoms with van der Waals surface area (Å²) in [5, 5.41) is 16.0. The number of hydrogen-bond donors (Lipinski definition) is 2. The molecule has 7 nitrogen and oxygen atoms in total. The van der Waals surface area contributed by atoms with Crippen LogP contribution < -0.4 is 5.32 Å². The molecule has 1 atom stereocenters. The monoisotopic (exact) mass is 312 g/mol. The second-order valence-electron chi connectivity index (χ2n) is 5.09. The normalized spacial score (nSPS) is 18.6. The Labute approximate surface area is 127 Å². The van der Waals surface area contributed by atoms with Crippen molar-refractivity contribution >= 4 is 23.8 Å². The number of hydrogen-bond acceptors (Lipinski definition) is 4. The molecule has 1 aromatic heterocycles. The molecule has 2 amide bonds. The molecule has 1 aromatic rings. The van der Waals surface area contributed by atoms with Crippen molar-refractivity contribution < 1.29 is 14.7 Å². The number of carbonyl (C=O) groups excluding carboxylic acids is 1. The molecule has 1 aliphatic rings. The van der Waals surface area contributed by atoms with Gasteiger partial charge in [-0.25, -0.2) is 4.79 Å². The maximum absolute atomic E-state index is 12.3. The Kier molecular flexibility index (Phi) is 5.11. The fourth-order valence-corrected chi connectivity index (χ4v) is 3.45. The summed E-state index contributed by atoms with van der Waals surface area (Å²) >= 11 is 1.69. The average Bonchev–Trinajstić information content (AvgIpc) is 2.74. The minimum atomic E-state index is -0.872. The van der Waals surface area contributed by atoms with E-state index in [2.05, 4.69) is 10.4 Å². The number of aryl methyl sites for hydroxylation is 2. The molecule has 0 spiro atoms. The maximum Gasteiger partial charge on any atom is 0.317 e. The summed E-state index contributed by atoms with van der Waals surface area (Å²) in [5.74, 6) is 0.643. The average molecular weight is 312 g/mol. The molecular weight excluding hydrogens is 292 g/mol. The van der Waals surface area contributed by atoms with Gasteiger partial charge in [0.1, 0.15) is 0 Å². The fraction of sp³-hybridized carbons (Fsp3) is 0.615. The van der Waals surface area contributed by atoms with Crippen molar-refractivity contribution in [1.82, 2.24) is 20.0 Å². The molecule has 21 heavy (non-hydrogen) atoms. The van der Waals surface area contributed by atoms with Gasteiger partial charge < -0.3 is 15.3 Å². The summed E-state index contributed by atoms with van der Waals surface area (Å²) in [5.41, 5.74) is 1.85. The van der Waals surface area contributed by atoms with Gasteiger partial charge in [0.05, 0.1) is 18.2 Å². The third-order valence-electron chi connectivity index (χ3n) is 3.44. The molecule has 1 saturated heterocycles. The molecule has 2 rings (SSSR count). The van der Waals surface area contributed by atoms with Crippen molar-refractivity contribution in [3.05, 3.63) is 17.5 Å². The number of nitrogens with zero attached hydrogens (tertiary/aromatic N) is 3. The largest absolute Gasteiger partial charge is 0.481 e. The quantitative estimate of drug-likeness (QED) is 0.860. The Morgan fingerprint density at radius 2 is 2.33 bits per heavy atom. The van der Waals surface area contributed by atoms with E-state index in [1.54, 1.807) is 21.3 Å². The molecule has 1 aliphatic heterocycles. The molecule has 0 saturated carbocycles. The number of carboxylic acid groups (broad SMARTS) is 1. The van der Waals surface area contributed by atoms with Crippen LogP contribution in [0.4, 0.5) is 4.79 Å². The van der Waals surface area contributed by atoms with E-state index in [-0.39, 0.29) is 18.5 Å². The maximum atomic E-state index is 12.3. The lowest BCUT2D eigenvalue weighted by atomic mass is 10.2. The van der Waals surface area contributed by atoms with Gasteiger partial charge in [-0.3, -0.25) is 9.48 Å². The first kappa shape index (κ1) is 15.7. The highest BCUT2D eigenvalue weighted by molar-refractivity contribution is 7.99. The van der Waals surface area contributed by atoms with Gasteiger partial charge in [0.15, 0.2) is 0 Å². The standard InChI is InChI=1S/C13H20N4O3S/c1-9-10(7-16(2)15-9)6-14-13(20)17-3-4-21-8-11(17)5-12(18)19/h7,11H,3-6,8H2,1-2H3,(H,14,20)(H,18,19). The molecule has 0 aliphatic carbocycles. The Bertz CT molecular complexity index is 531. The zero-order valence-corrected chi connectivity index (χ0v) is 13.0. The van der Waals surface area contributed by atoms with Crippen molar-refractivity contribution in [2.75, 3.05) is 18.1 Å². The summed E-state index contributed by atoms with van der Waals surface area (Å²) in [4.78, 5) is 24.8. The van der Waals surface area contributed by atoms with Crippen LogP contribution in [0.1, 0.15) is 17.7 Å². The van der Waals surface area contributed by atoms with Crippen LogP contribution in [-0.2, 0) is 18.4 Å². The number of carbonyl (C=O) groups is 2. The molecule has 0 radical (unpaired) electrons. The lowest BCUT2D eigenvalue weighted by Crippen LogP contribution is -2.51. The van der Waals surface area contributed by atoms with Crippen LogP contribution in [0.2, 0.25) is 0 Å². The topological polar surface area (TPSA) is 87.5 Å². The number of rotatable bonds is 4. The van der Waals surface area contributed by atoms with Gasteiger partial charge in [-0.15, -0.1) is 0 Å². The highest BCUT2D eigenvalue weighted by Gasteiger charge is 2.28. The molecule has 2 heterocycles. The zero-order valence-electron chi connectivity index (χ0n) is 12.2. The molecule has 8 heteroatoms. The van der Waals surface area contributed by atoms with Crippen LogP contribution in [0.25, 0.3) is 0 Å². The predicted molar refractivity (Wildman–Crippen MR) is 80.3 cm³/mol. The van der Waals surface area contributed by atoms with Crippen LogP contribution in [0, 0.1) is 6.92 Å². The van der Waals surface area contributed by atoms with Crippen molar-refractivity contribution in [3.63, 3.8) is 0 Å². The van der Waals surface area contributed by atoms with Crippen LogP contribution in [-0.4, -0.2) is 55.9 Å². The minimum absolute atomic E-state index is 0.00760. The van der Waals surface area contributed by atoms with E-state index < -0.39 is 5.97 Å². The summed E-state index contributed by atoms with van der Waals surface area (Å²) in [6.45, 7) is 2.88. The molecule has 1 unspecified atom stereocenters. The number of aliphatic carboxylic acids is 1. The van der Waals surface area contributed by atoms with Crippen molar-refractivity contribution in [2.24, 2.45) is 7.05 Å². The second kappa shape index (κ2) is 6.84. The SMILES string of the molecule is Cc1nn(C)cc1CNC(=O)N1CCSCC1CC(=O)O. The Balaban J connectivity index is 1.94. The first-order chi connectivity index (χ1) is 9.97. The van der Waals surface area contributed by atoms with E-state index in [1.165, 1.54) is 0 Å². The predicted octanol–water partition coefficient (Wildman–Crippen LogP) is 0.830. The fourth-order valence-electron chi connectivity index (χ4n) is 2.39. The van der Waals surface area contributed by atoms with Crippen LogP contribution in [0.5, 0.6) is 0 Å². The first-order valence-corrected chi connectivity index (χ1v) is 7.96. The molecule has 0 aromatic carbocycles. The minimum Gasteiger partial charge on any atom is -0.481 e. The summed E-state index contributed by atoms with van der Waals surface area (Å²) in [6.07, 6.45) is 1.86. The van der Waals surface area contributed by atoms with Gasteiger partial charge in [-0.05, 0) is 6.92 Å². The summed E-state index contributed by atoms with van der Waals surface area (Å²) in [6, 6.07) is -0.443. The smallest absolute Gasteiger partial charge is 0.317 e.